The first-order chi connectivity index (χ1) is 7.79. The highest BCUT2D eigenvalue weighted by Crippen LogP contribution is 2.21. The van der Waals surface area contributed by atoms with Gasteiger partial charge in [0.25, 0.3) is 0 Å². The lowest BCUT2D eigenvalue weighted by atomic mass is 9.92. The maximum Gasteiger partial charge on any atom is 0.0971 e. The van der Waals surface area contributed by atoms with Gasteiger partial charge in [-0.2, -0.15) is 5.26 Å². The number of hydrogen-bond donors (Lipinski definition) is 1. The topological polar surface area (TPSA) is 44.0 Å². The van der Waals surface area contributed by atoms with Gasteiger partial charge in [0.1, 0.15) is 0 Å². The molecule has 0 heterocycles. The number of nitrogens with zero attached hydrogens (tertiary/aromatic N) is 1. The molecule has 0 saturated heterocycles. The van der Waals surface area contributed by atoms with Crippen LogP contribution in [0.1, 0.15) is 30.7 Å². The van der Waals surface area contributed by atoms with Crippen LogP contribution in [-0.2, 0) is 0 Å². The van der Waals surface area contributed by atoms with Gasteiger partial charge in [-0.15, -0.1) is 12.3 Å². The number of aliphatic hydroxyl groups excluding tert-OH is 1. The molecule has 0 aliphatic carbocycles. The molecule has 0 amide bonds. The maximum atomic E-state index is 9.90. The molecule has 82 valence electrons. The van der Waals surface area contributed by atoms with Crippen molar-refractivity contribution in [3.05, 3.63) is 35.9 Å². The lowest BCUT2D eigenvalue weighted by molar-refractivity contribution is 0.149. The van der Waals surface area contributed by atoms with Crippen molar-refractivity contribution in [2.24, 2.45) is 0 Å². The van der Waals surface area contributed by atoms with E-state index in [1.54, 1.807) is 0 Å². The van der Waals surface area contributed by atoms with Gasteiger partial charge in [0.05, 0.1) is 18.1 Å². The molecule has 2 unspecified atom stereocenters. The van der Waals surface area contributed by atoms with Crippen LogP contribution in [0, 0.1) is 23.7 Å². The zero-order chi connectivity index (χ0) is 11.8. The highest BCUT2D eigenvalue weighted by Gasteiger charge is 2.19. The summed E-state index contributed by atoms with van der Waals surface area (Å²) in [6.07, 6.45) is 6.46. The standard InChI is InChI=1S/C14H15NO/c1-2-3-5-10-14(16)13(11-15)12-8-6-4-7-9-12/h1,4,6-9,13-14,16H,3,5,10H2. The average Bonchev–Trinajstić information content (AvgIpc) is 2.32. The summed E-state index contributed by atoms with van der Waals surface area (Å²) in [4.78, 5) is 0. The lowest BCUT2D eigenvalue weighted by Crippen LogP contribution is -2.17. The second-order valence-electron chi connectivity index (χ2n) is 3.68. The maximum absolute atomic E-state index is 9.90. The van der Waals surface area contributed by atoms with Gasteiger partial charge in [-0.3, -0.25) is 0 Å². The van der Waals surface area contributed by atoms with Crippen LogP contribution in [0.2, 0.25) is 0 Å². The minimum absolute atomic E-state index is 0.459. The Morgan fingerprint density at radius 1 is 1.31 bits per heavy atom. The first-order valence-corrected chi connectivity index (χ1v) is 5.35. The number of terminal acetylenes is 1. The van der Waals surface area contributed by atoms with Gasteiger partial charge >= 0.3 is 0 Å². The second kappa shape index (κ2) is 6.67. The molecular weight excluding hydrogens is 198 g/mol. The molecule has 0 aliphatic rings. The highest BCUT2D eigenvalue weighted by molar-refractivity contribution is 5.26. The molecule has 0 saturated carbocycles. The smallest absolute Gasteiger partial charge is 0.0971 e. The predicted molar refractivity (Wildman–Crippen MR) is 63.5 cm³/mol. The second-order valence-corrected chi connectivity index (χ2v) is 3.68. The molecule has 0 spiro atoms. The number of aliphatic hydroxyl groups is 1. The van der Waals surface area contributed by atoms with Crippen molar-refractivity contribution in [2.45, 2.75) is 31.3 Å². The van der Waals surface area contributed by atoms with E-state index in [2.05, 4.69) is 12.0 Å². The van der Waals surface area contributed by atoms with Gasteiger partial charge < -0.3 is 5.11 Å². The molecule has 2 atom stereocenters. The summed E-state index contributed by atoms with van der Waals surface area (Å²) in [5.41, 5.74) is 0.859. The van der Waals surface area contributed by atoms with Crippen LogP contribution < -0.4 is 0 Å². The van der Waals surface area contributed by atoms with Crippen LogP contribution in [0.3, 0.4) is 0 Å². The third-order valence-electron chi connectivity index (χ3n) is 2.50. The number of unbranched alkanes of at least 4 members (excludes halogenated alkanes) is 1. The minimum atomic E-state index is -0.638. The Labute approximate surface area is 96.5 Å². The summed E-state index contributed by atoms with van der Waals surface area (Å²) in [6, 6.07) is 11.5. The largest absolute Gasteiger partial charge is 0.391 e. The molecule has 1 aromatic carbocycles. The molecule has 1 N–H and O–H groups in total. The van der Waals surface area contributed by atoms with Crippen molar-refractivity contribution in [1.29, 1.82) is 5.26 Å². The number of benzene rings is 1. The summed E-state index contributed by atoms with van der Waals surface area (Å²) in [6.45, 7) is 0. The molecule has 0 aromatic heterocycles. The van der Waals surface area contributed by atoms with Crippen molar-refractivity contribution in [3.8, 4) is 18.4 Å². The summed E-state index contributed by atoms with van der Waals surface area (Å²) in [7, 11) is 0. The van der Waals surface area contributed by atoms with Crippen molar-refractivity contribution >= 4 is 0 Å². The Morgan fingerprint density at radius 3 is 2.56 bits per heavy atom. The Hall–Kier alpha value is -1.77. The van der Waals surface area contributed by atoms with Gasteiger partial charge in [-0.05, 0) is 18.4 Å². The van der Waals surface area contributed by atoms with Crippen LogP contribution in [-0.4, -0.2) is 11.2 Å². The zero-order valence-electron chi connectivity index (χ0n) is 9.13. The molecule has 2 nitrogen and oxygen atoms in total. The molecule has 0 bridgehead atoms. The number of rotatable bonds is 5. The number of hydrogen-bond acceptors (Lipinski definition) is 2. The normalized spacial score (nSPS) is 13.4. The van der Waals surface area contributed by atoms with Crippen LogP contribution in [0.5, 0.6) is 0 Å². The molecule has 2 heteroatoms. The van der Waals surface area contributed by atoms with E-state index in [1.165, 1.54) is 0 Å². The monoisotopic (exact) mass is 213 g/mol. The Morgan fingerprint density at radius 2 is 2.00 bits per heavy atom. The van der Waals surface area contributed by atoms with E-state index >= 15 is 0 Å². The fourth-order valence-electron chi connectivity index (χ4n) is 1.62. The van der Waals surface area contributed by atoms with Crippen molar-refractivity contribution in [2.75, 3.05) is 0 Å². The van der Waals surface area contributed by atoms with E-state index in [9.17, 15) is 5.11 Å². The van der Waals surface area contributed by atoms with Gasteiger partial charge in [0.2, 0.25) is 0 Å². The quantitative estimate of drug-likeness (QED) is 0.603. The third kappa shape index (κ3) is 3.42. The molecule has 0 radical (unpaired) electrons. The lowest BCUT2D eigenvalue weighted by Gasteiger charge is -2.16. The molecule has 0 aliphatic heterocycles. The molecule has 16 heavy (non-hydrogen) atoms. The van der Waals surface area contributed by atoms with Crippen LogP contribution in [0.25, 0.3) is 0 Å². The van der Waals surface area contributed by atoms with E-state index in [0.29, 0.717) is 12.8 Å². The Balaban J connectivity index is 2.62. The van der Waals surface area contributed by atoms with Gasteiger partial charge in [-0.25, -0.2) is 0 Å². The first-order valence-electron chi connectivity index (χ1n) is 5.35. The molecule has 1 aromatic rings. The van der Waals surface area contributed by atoms with Crippen molar-refractivity contribution in [3.63, 3.8) is 0 Å². The summed E-state index contributed by atoms with van der Waals surface area (Å²) >= 11 is 0. The van der Waals surface area contributed by atoms with E-state index in [4.69, 9.17) is 11.7 Å². The van der Waals surface area contributed by atoms with E-state index in [0.717, 1.165) is 12.0 Å². The summed E-state index contributed by atoms with van der Waals surface area (Å²) in [5, 5.41) is 19.0. The number of nitriles is 1. The summed E-state index contributed by atoms with van der Waals surface area (Å²) in [5.74, 6) is 2.07. The summed E-state index contributed by atoms with van der Waals surface area (Å²) < 4.78 is 0. The minimum Gasteiger partial charge on any atom is -0.391 e. The van der Waals surface area contributed by atoms with Crippen LogP contribution in [0.4, 0.5) is 0 Å². The third-order valence-corrected chi connectivity index (χ3v) is 2.50. The van der Waals surface area contributed by atoms with E-state index < -0.39 is 12.0 Å². The molecular formula is C14H15NO. The molecule has 1 rings (SSSR count). The van der Waals surface area contributed by atoms with Crippen molar-refractivity contribution < 1.29 is 5.11 Å². The predicted octanol–water partition coefficient (Wildman–Crippen LogP) is 2.46. The molecule has 0 fully saturated rings. The average molecular weight is 213 g/mol. The zero-order valence-corrected chi connectivity index (χ0v) is 9.13. The van der Waals surface area contributed by atoms with Gasteiger partial charge in [0, 0.05) is 6.42 Å². The van der Waals surface area contributed by atoms with E-state index in [-0.39, 0.29) is 0 Å². The fraction of sp³-hybridized carbons (Fsp3) is 0.357. The van der Waals surface area contributed by atoms with Gasteiger partial charge in [0.15, 0.2) is 0 Å². The Kier molecular flexibility index (Phi) is 5.12. The van der Waals surface area contributed by atoms with Gasteiger partial charge in [-0.1, -0.05) is 30.3 Å². The first kappa shape index (κ1) is 12.3. The SMILES string of the molecule is C#CCCCC(O)C(C#N)c1ccccc1. The highest BCUT2D eigenvalue weighted by atomic mass is 16.3. The van der Waals surface area contributed by atoms with E-state index in [1.807, 2.05) is 30.3 Å². The Bertz CT molecular complexity index is 385. The van der Waals surface area contributed by atoms with Crippen LogP contribution in [0.15, 0.2) is 30.3 Å². The van der Waals surface area contributed by atoms with Crippen molar-refractivity contribution in [1.82, 2.24) is 0 Å². The van der Waals surface area contributed by atoms with Crippen LogP contribution >= 0.6 is 0 Å². The fourth-order valence-corrected chi connectivity index (χ4v) is 1.62.